The highest BCUT2D eigenvalue weighted by molar-refractivity contribution is 8.93. The third kappa shape index (κ3) is 4.22. The Bertz CT molecular complexity index is 324. The number of rotatable bonds is 6. The van der Waals surface area contributed by atoms with E-state index in [-0.39, 0.29) is 35.0 Å². The summed E-state index contributed by atoms with van der Waals surface area (Å²) < 4.78 is 7.02. The van der Waals surface area contributed by atoms with Crippen molar-refractivity contribution in [3.63, 3.8) is 0 Å². The molecule has 0 amide bonds. The lowest BCUT2D eigenvalue weighted by Gasteiger charge is -2.44. The molecule has 3 nitrogen and oxygen atoms in total. The lowest BCUT2D eigenvalue weighted by atomic mass is 9.96. The van der Waals surface area contributed by atoms with Crippen molar-refractivity contribution in [3.8, 4) is 0 Å². The van der Waals surface area contributed by atoms with E-state index in [1.807, 2.05) is 0 Å². The normalized spacial score (nSPS) is 30.0. The first kappa shape index (κ1) is 19.0. The number of quaternary nitrogens is 1. The molecule has 2 fully saturated rings. The first-order valence-corrected chi connectivity index (χ1v) is 8.52. The summed E-state index contributed by atoms with van der Waals surface area (Å²) in [7, 11) is 4.69. The van der Waals surface area contributed by atoms with Crippen LogP contribution in [-0.4, -0.2) is 42.7 Å². The van der Waals surface area contributed by atoms with Gasteiger partial charge in [-0.05, 0) is 12.8 Å². The number of ether oxygens (including phenoxy) is 1. The summed E-state index contributed by atoms with van der Waals surface area (Å²) in [6.07, 6.45) is 9.03. The van der Waals surface area contributed by atoms with Crippen LogP contribution in [0.5, 0.6) is 0 Å². The fourth-order valence-corrected chi connectivity index (χ4v) is 4.26. The van der Waals surface area contributed by atoms with E-state index in [0.717, 1.165) is 43.0 Å². The Morgan fingerprint density at radius 2 is 1.57 bits per heavy atom. The van der Waals surface area contributed by atoms with Crippen LogP contribution in [0.25, 0.3) is 0 Å². The number of fused-ring (bicyclic) bond motifs is 2. The van der Waals surface area contributed by atoms with Crippen LogP contribution in [0.4, 0.5) is 0 Å². The Hall–Kier alpha value is -0.0900. The molecule has 0 saturated carbocycles. The Labute approximate surface area is 140 Å². The highest BCUT2D eigenvalue weighted by Gasteiger charge is 2.50. The third-order valence-corrected chi connectivity index (χ3v) is 5.68. The zero-order chi connectivity index (χ0) is 14.8. The molecular formula is C17H33BrNO2+. The number of carbonyl (C=O) groups is 1. The second-order valence-electron chi connectivity index (χ2n) is 7.32. The molecule has 4 heteroatoms. The molecule has 1 unspecified atom stereocenters. The van der Waals surface area contributed by atoms with E-state index < -0.39 is 0 Å². The standard InChI is InChI=1S/C17H32NO2.BrH/c1-5-7-13(8-6-2)17(19)20-16-11-14-9-10-15(12-16)18(14,3)4;/h13-16H,5-12H2,1-4H3;1H/q+1;/t14-,15+,16?;. The van der Waals surface area contributed by atoms with Crippen LogP contribution in [-0.2, 0) is 9.53 Å². The molecule has 2 heterocycles. The van der Waals surface area contributed by atoms with Crippen LogP contribution in [0.1, 0.15) is 65.2 Å². The van der Waals surface area contributed by atoms with Crippen LogP contribution in [0.3, 0.4) is 0 Å². The number of hydrogen-bond donors (Lipinski definition) is 0. The van der Waals surface area contributed by atoms with Gasteiger partial charge in [0.05, 0.1) is 32.1 Å². The van der Waals surface area contributed by atoms with E-state index in [4.69, 9.17) is 4.74 Å². The van der Waals surface area contributed by atoms with E-state index in [0.29, 0.717) is 12.1 Å². The lowest BCUT2D eigenvalue weighted by molar-refractivity contribution is -0.931. The van der Waals surface area contributed by atoms with Crippen molar-refractivity contribution in [2.24, 2.45) is 5.92 Å². The van der Waals surface area contributed by atoms with Gasteiger partial charge in [-0.25, -0.2) is 0 Å². The van der Waals surface area contributed by atoms with E-state index in [1.54, 1.807) is 0 Å². The molecule has 0 aromatic heterocycles. The summed E-state index contributed by atoms with van der Waals surface area (Å²) in [6.45, 7) is 4.30. The minimum atomic E-state index is 0. The Morgan fingerprint density at radius 3 is 2.00 bits per heavy atom. The highest BCUT2D eigenvalue weighted by Crippen LogP contribution is 2.40. The number of hydrogen-bond acceptors (Lipinski definition) is 2. The quantitative estimate of drug-likeness (QED) is 0.525. The van der Waals surface area contributed by atoms with Gasteiger partial charge in [0.2, 0.25) is 0 Å². The first-order chi connectivity index (χ1) is 9.48. The van der Waals surface area contributed by atoms with E-state index in [2.05, 4.69) is 27.9 Å². The monoisotopic (exact) mass is 362 g/mol. The molecule has 21 heavy (non-hydrogen) atoms. The molecule has 2 saturated heterocycles. The van der Waals surface area contributed by atoms with Gasteiger partial charge < -0.3 is 9.22 Å². The Kier molecular flexibility index (Phi) is 7.18. The minimum absolute atomic E-state index is 0. The molecule has 0 aliphatic carbocycles. The fraction of sp³-hybridized carbons (Fsp3) is 0.941. The average molecular weight is 363 g/mol. The zero-order valence-corrected chi connectivity index (χ0v) is 15.9. The van der Waals surface area contributed by atoms with Crippen molar-refractivity contribution in [2.45, 2.75) is 83.4 Å². The maximum Gasteiger partial charge on any atom is 0.309 e. The lowest BCUT2D eigenvalue weighted by Crippen LogP contribution is -2.56. The van der Waals surface area contributed by atoms with Gasteiger partial charge in [0.1, 0.15) is 6.10 Å². The van der Waals surface area contributed by atoms with Gasteiger partial charge in [0.25, 0.3) is 0 Å². The van der Waals surface area contributed by atoms with E-state index in [9.17, 15) is 4.79 Å². The molecule has 0 N–H and O–H groups in total. The first-order valence-electron chi connectivity index (χ1n) is 8.52. The summed E-state index contributed by atoms with van der Waals surface area (Å²) in [5.74, 6) is 0.206. The average Bonchev–Trinajstić information content (AvgIpc) is 2.57. The smallest absolute Gasteiger partial charge is 0.309 e. The van der Waals surface area contributed by atoms with Crippen molar-refractivity contribution in [1.29, 1.82) is 0 Å². The molecule has 0 spiro atoms. The second-order valence-corrected chi connectivity index (χ2v) is 7.32. The molecule has 3 atom stereocenters. The maximum absolute atomic E-state index is 12.4. The summed E-state index contributed by atoms with van der Waals surface area (Å²) >= 11 is 0. The number of esters is 1. The summed E-state index contributed by atoms with van der Waals surface area (Å²) in [4.78, 5) is 12.4. The number of halogens is 1. The predicted molar refractivity (Wildman–Crippen MR) is 91.7 cm³/mol. The predicted octanol–water partition coefficient (Wildman–Crippen LogP) is 4.09. The van der Waals surface area contributed by atoms with Crippen LogP contribution < -0.4 is 0 Å². The van der Waals surface area contributed by atoms with Crippen molar-refractivity contribution >= 4 is 23.0 Å². The van der Waals surface area contributed by atoms with Gasteiger partial charge in [-0.1, -0.05) is 26.7 Å². The molecule has 0 radical (unpaired) electrons. The zero-order valence-electron chi connectivity index (χ0n) is 14.1. The van der Waals surface area contributed by atoms with E-state index >= 15 is 0 Å². The summed E-state index contributed by atoms with van der Waals surface area (Å²) in [5.41, 5.74) is 0. The Balaban J connectivity index is 0.00000220. The molecule has 2 aliphatic heterocycles. The molecular weight excluding hydrogens is 330 g/mol. The van der Waals surface area contributed by atoms with Crippen LogP contribution in [0.2, 0.25) is 0 Å². The van der Waals surface area contributed by atoms with Crippen LogP contribution >= 0.6 is 17.0 Å². The Morgan fingerprint density at radius 1 is 1.10 bits per heavy atom. The van der Waals surface area contributed by atoms with Gasteiger partial charge in [-0.3, -0.25) is 4.79 Å². The van der Waals surface area contributed by atoms with Gasteiger partial charge in [0, 0.05) is 25.7 Å². The van der Waals surface area contributed by atoms with Gasteiger partial charge in [-0.2, -0.15) is 0 Å². The third-order valence-electron chi connectivity index (χ3n) is 5.68. The molecule has 2 aliphatic rings. The van der Waals surface area contributed by atoms with Crippen molar-refractivity contribution in [3.05, 3.63) is 0 Å². The van der Waals surface area contributed by atoms with Crippen LogP contribution in [0, 0.1) is 5.92 Å². The molecule has 2 rings (SSSR count). The van der Waals surface area contributed by atoms with Crippen molar-refractivity contribution in [1.82, 2.24) is 0 Å². The summed E-state index contributed by atoms with van der Waals surface area (Å²) in [6, 6.07) is 1.39. The summed E-state index contributed by atoms with van der Waals surface area (Å²) in [5, 5.41) is 0. The molecule has 2 bridgehead atoms. The number of piperidine rings is 1. The van der Waals surface area contributed by atoms with E-state index in [1.165, 1.54) is 12.8 Å². The largest absolute Gasteiger partial charge is 0.462 e. The number of nitrogens with zero attached hydrogens (tertiary/aromatic N) is 1. The van der Waals surface area contributed by atoms with Gasteiger partial charge in [0.15, 0.2) is 0 Å². The van der Waals surface area contributed by atoms with Gasteiger partial charge >= 0.3 is 5.97 Å². The van der Waals surface area contributed by atoms with Crippen molar-refractivity contribution < 1.29 is 14.0 Å². The second kappa shape index (κ2) is 7.96. The number of carbonyl (C=O) groups excluding carboxylic acids is 1. The van der Waals surface area contributed by atoms with Crippen molar-refractivity contribution in [2.75, 3.05) is 14.1 Å². The van der Waals surface area contributed by atoms with Crippen LogP contribution in [0.15, 0.2) is 0 Å². The fourth-order valence-electron chi connectivity index (χ4n) is 4.26. The molecule has 0 aromatic rings. The SMILES string of the molecule is Br.CCCC(CCC)C(=O)OC1C[C@H]2CC[C@@H](C1)[N+]2(C)C. The molecule has 0 aromatic carbocycles. The molecule has 124 valence electrons. The van der Waals surface area contributed by atoms with Gasteiger partial charge in [-0.15, -0.1) is 17.0 Å². The minimum Gasteiger partial charge on any atom is -0.462 e. The highest BCUT2D eigenvalue weighted by atomic mass is 79.9. The topological polar surface area (TPSA) is 26.3 Å². The maximum atomic E-state index is 12.4.